The molecule has 0 saturated carbocycles. The molecule has 1 fully saturated rings. The number of benzene rings is 3. The predicted octanol–water partition coefficient (Wildman–Crippen LogP) is 6.78. The standard InChI is InChI=1S/C32H29ClN2O7S/c1-17(2)10-11-40-22-8-4-18(14-24(22)39-3)28-27(29(36)19-5-9-23-25(15-19)42-13-12-41-23)30(37)31(38)35(28)32-34-21-7-6-20(33)16-26(21)43-32/h4-9,14-17,28,36H,10-13H2,1-3H3/t28-/m1/s1. The summed E-state index contributed by atoms with van der Waals surface area (Å²) in [6.07, 6.45) is 0.863. The molecule has 4 aromatic rings. The molecule has 1 atom stereocenters. The van der Waals surface area contributed by atoms with E-state index < -0.39 is 17.7 Å². The van der Waals surface area contributed by atoms with Crippen LogP contribution in [0.15, 0.2) is 60.2 Å². The molecule has 3 aromatic carbocycles. The zero-order valence-electron chi connectivity index (χ0n) is 23.8. The summed E-state index contributed by atoms with van der Waals surface area (Å²) in [6, 6.07) is 14.3. The second-order valence-corrected chi connectivity index (χ2v) is 12.0. The zero-order chi connectivity index (χ0) is 30.2. The smallest absolute Gasteiger partial charge is 0.301 e. The molecule has 0 bridgehead atoms. The van der Waals surface area contributed by atoms with Gasteiger partial charge >= 0.3 is 5.91 Å². The number of thiazole rings is 1. The van der Waals surface area contributed by atoms with Crippen molar-refractivity contribution in [1.29, 1.82) is 0 Å². The van der Waals surface area contributed by atoms with Crippen molar-refractivity contribution in [2.24, 2.45) is 5.92 Å². The molecule has 0 unspecified atom stereocenters. The topological polar surface area (TPSA) is 107 Å². The van der Waals surface area contributed by atoms with Gasteiger partial charge in [-0.1, -0.05) is 42.9 Å². The second kappa shape index (κ2) is 11.8. The van der Waals surface area contributed by atoms with E-state index in [0.29, 0.717) is 75.5 Å². The maximum absolute atomic E-state index is 13.7. The Kier molecular flexibility index (Phi) is 7.89. The number of aliphatic hydroxyl groups is 1. The molecule has 1 saturated heterocycles. The number of hydrogen-bond acceptors (Lipinski definition) is 9. The highest BCUT2D eigenvalue weighted by atomic mass is 35.5. The molecule has 9 nitrogen and oxygen atoms in total. The molecule has 3 heterocycles. The third-order valence-corrected chi connectivity index (χ3v) is 8.51. The van der Waals surface area contributed by atoms with Crippen molar-refractivity contribution in [3.63, 3.8) is 0 Å². The lowest BCUT2D eigenvalue weighted by molar-refractivity contribution is -0.132. The Morgan fingerprint density at radius 3 is 2.63 bits per heavy atom. The van der Waals surface area contributed by atoms with Gasteiger partial charge in [-0.25, -0.2) is 4.98 Å². The van der Waals surface area contributed by atoms with Crippen molar-refractivity contribution in [2.45, 2.75) is 26.3 Å². The summed E-state index contributed by atoms with van der Waals surface area (Å²) in [5.41, 5.74) is 1.38. The summed E-state index contributed by atoms with van der Waals surface area (Å²) in [7, 11) is 1.53. The average Bonchev–Trinajstić information content (AvgIpc) is 3.53. The van der Waals surface area contributed by atoms with Gasteiger partial charge in [0.2, 0.25) is 0 Å². The summed E-state index contributed by atoms with van der Waals surface area (Å²) in [6.45, 7) is 5.50. The number of hydrogen-bond donors (Lipinski definition) is 1. The van der Waals surface area contributed by atoms with Crippen LogP contribution in [0, 0.1) is 5.92 Å². The Bertz CT molecular complexity index is 1770. The van der Waals surface area contributed by atoms with Gasteiger partial charge in [-0.15, -0.1) is 0 Å². The van der Waals surface area contributed by atoms with E-state index in [2.05, 4.69) is 18.8 Å². The number of rotatable bonds is 8. The van der Waals surface area contributed by atoms with Gasteiger partial charge < -0.3 is 24.1 Å². The van der Waals surface area contributed by atoms with Gasteiger partial charge in [0.1, 0.15) is 19.0 Å². The zero-order valence-corrected chi connectivity index (χ0v) is 25.3. The Morgan fingerprint density at radius 1 is 1.07 bits per heavy atom. The number of Topliss-reactive ketones (excluding diaryl/α,β-unsaturated/α-hetero) is 1. The minimum atomic E-state index is -1.01. The van der Waals surface area contributed by atoms with Crippen molar-refractivity contribution in [2.75, 3.05) is 31.8 Å². The number of ether oxygens (including phenoxy) is 4. The number of aromatic nitrogens is 1. The van der Waals surface area contributed by atoms with E-state index in [1.165, 1.54) is 23.3 Å². The van der Waals surface area contributed by atoms with Gasteiger partial charge in [0.15, 0.2) is 28.1 Å². The van der Waals surface area contributed by atoms with Gasteiger partial charge in [-0.05, 0) is 66.4 Å². The van der Waals surface area contributed by atoms with Gasteiger partial charge in [-0.2, -0.15) is 0 Å². The van der Waals surface area contributed by atoms with Crippen molar-refractivity contribution in [3.8, 4) is 23.0 Å². The number of fused-ring (bicyclic) bond motifs is 2. The number of aliphatic hydroxyl groups excluding tert-OH is 1. The third kappa shape index (κ3) is 5.48. The molecule has 2 aliphatic rings. The molecule has 1 N–H and O–H groups in total. The van der Waals surface area contributed by atoms with Crippen molar-refractivity contribution in [1.82, 2.24) is 4.98 Å². The largest absolute Gasteiger partial charge is 0.507 e. The van der Waals surface area contributed by atoms with Crippen LogP contribution in [0.1, 0.15) is 37.4 Å². The first-order valence-corrected chi connectivity index (χ1v) is 15.0. The number of nitrogens with zero attached hydrogens (tertiary/aromatic N) is 2. The molecule has 0 spiro atoms. The lowest BCUT2D eigenvalue weighted by atomic mass is 9.95. The summed E-state index contributed by atoms with van der Waals surface area (Å²) in [4.78, 5) is 33.4. The molecule has 1 aromatic heterocycles. The summed E-state index contributed by atoms with van der Waals surface area (Å²) in [5.74, 6) is 0.404. The van der Waals surface area contributed by atoms with Crippen molar-refractivity contribution < 1.29 is 33.6 Å². The lowest BCUT2D eigenvalue weighted by Crippen LogP contribution is -2.29. The van der Waals surface area contributed by atoms with E-state index in [9.17, 15) is 14.7 Å². The van der Waals surface area contributed by atoms with E-state index >= 15 is 0 Å². The quantitative estimate of drug-likeness (QED) is 0.130. The van der Waals surface area contributed by atoms with Crippen LogP contribution in [0.25, 0.3) is 16.0 Å². The monoisotopic (exact) mass is 620 g/mol. The molecule has 6 rings (SSSR count). The number of methoxy groups -OCH3 is 1. The van der Waals surface area contributed by atoms with E-state index in [1.807, 2.05) is 0 Å². The molecule has 222 valence electrons. The number of halogens is 1. The molecule has 11 heteroatoms. The van der Waals surface area contributed by atoms with E-state index in [0.717, 1.165) is 11.1 Å². The molecule has 1 amide bonds. The fourth-order valence-corrected chi connectivity index (χ4v) is 6.33. The predicted molar refractivity (Wildman–Crippen MR) is 165 cm³/mol. The van der Waals surface area contributed by atoms with E-state index in [4.69, 9.17) is 30.5 Å². The second-order valence-electron chi connectivity index (χ2n) is 10.6. The first kappa shape index (κ1) is 28.8. The Balaban J connectivity index is 1.49. The van der Waals surface area contributed by atoms with Gasteiger partial charge in [0.25, 0.3) is 5.78 Å². The third-order valence-electron chi connectivity index (χ3n) is 7.26. The first-order valence-electron chi connectivity index (χ1n) is 13.8. The highest BCUT2D eigenvalue weighted by Crippen LogP contribution is 2.46. The Hall–Kier alpha value is -4.28. The molecular formula is C32H29ClN2O7S. The summed E-state index contributed by atoms with van der Waals surface area (Å²) in [5, 5.41) is 12.4. The van der Waals surface area contributed by atoms with Crippen LogP contribution in [0.2, 0.25) is 5.02 Å². The van der Waals surface area contributed by atoms with Crippen LogP contribution >= 0.6 is 22.9 Å². The van der Waals surface area contributed by atoms with E-state index in [-0.39, 0.29) is 11.3 Å². The SMILES string of the molecule is COc1cc([C@@H]2C(=C(O)c3ccc4c(c3)OCCO4)C(=O)C(=O)N2c2nc3ccc(Cl)cc3s2)ccc1OCCC(C)C. The van der Waals surface area contributed by atoms with Gasteiger partial charge in [0.05, 0.1) is 35.5 Å². The summed E-state index contributed by atoms with van der Waals surface area (Å²) < 4.78 is 23.7. The van der Waals surface area contributed by atoms with Gasteiger partial charge in [0, 0.05) is 10.6 Å². The van der Waals surface area contributed by atoms with Crippen LogP contribution in [-0.2, 0) is 9.59 Å². The maximum Gasteiger partial charge on any atom is 0.301 e. The normalized spacial score (nSPS) is 17.6. The van der Waals surface area contributed by atoms with Crippen LogP contribution in [0.5, 0.6) is 23.0 Å². The van der Waals surface area contributed by atoms with Gasteiger partial charge in [-0.3, -0.25) is 14.5 Å². The summed E-state index contributed by atoms with van der Waals surface area (Å²) >= 11 is 7.44. The van der Waals surface area contributed by atoms with Crippen LogP contribution in [-0.4, -0.2) is 48.7 Å². The first-order chi connectivity index (χ1) is 20.7. The Labute approximate surface area is 257 Å². The highest BCUT2D eigenvalue weighted by molar-refractivity contribution is 7.22. The minimum Gasteiger partial charge on any atom is -0.507 e. The molecule has 43 heavy (non-hydrogen) atoms. The molecule has 0 aliphatic carbocycles. The van der Waals surface area contributed by atoms with Crippen molar-refractivity contribution >= 4 is 55.7 Å². The number of amides is 1. The van der Waals surface area contributed by atoms with Crippen LogP contribution in [0.3, 0.4) is 0 Å². The molecule has 0 radical (unpaired) electrons. The maximum atomic E-state index is 13.7. The lowest BCUT2D eigenvalue weighted by Gasteiger charge is -2.24. The van der Waals surface area contributed by atoms with E-state index in [1.54, 1.807) is 54.6 Å². The average molecular weight is 621 g/mol. The van der Waals surface area contributed by atoms with Crippen molar-refractivity contribution in [3.05, 3.63) is 76.3 Å². The number of carbonyl (C=O) groups excluding carboxylic acids is 2. The van der Waals surface area contributed by atoms with Crippen LogP contribution < -0.4 is 23.8 Å². The number of ketones is 1. The highest BCUT2D eigenvalue weighted by Gasteiger charge is 2.48. The fraction of sp³-hybridized carbons (Fsp3) is 0.281. The Morgan fingerprint density at radius 2 is 1.86 bits per heavy atom. The number of carbonyl (C=O) groups is 2. The molecule has 2 aliphatic heterocycles. The minimum absolute atomic E-state index is 0.0884. The molecular weight excluding hydrogens is 592 g/mol. The number of anilines is 1. The fourth-order valence-electron chi connectivity index (χ4n) is 5.06. The van der Waals surface area contributed by atoms with Crippen LogP contribution in [0.4, 0.5) is 5.13 Å².